The number of rotatable bonds is 6. The lowest BCUT2D eigenvalue weighted by molar-refractivity contribution is -0.389. The van der Waals surface area contributed by atoms with Crippen molar-refractivity contribution in [2.45, 2.75) is 38.0 Å². The van der Waals surface area contributed by atoms with Crippen LogP contribution in [0.15, 0.2) is 30.5 Å². The van der Waals surface area contributed by atoms with Gasteiger partial charge in [0.05, 0.1) is 0 Å². The van der Waals surface area contributed by atoms with E-state index in [9.17, 15) is 14.9 Å². The van der Waals surface area contributed by atoms with Crippen molar-refractivity contribution in [3.8, 4) is 17.5 Å². The van der Waals surface area contributed by atoms with Crippen LogP contribution in [0.2, 0.25) is 0 Å². The van der Waals surface area contributed by atoms with Gasteiger partial charge in [0, 0.05) is 43.9 Å². The fourth-order valence-electron chi connectivity index (χ4n) is 3.50. The molecule has 0 aliphatic carbocycles. The van der Waals surface area contributed by atoms with Crippen LogP contribution in [0, 0.1) is 10.1 Å². The first kappa shape index (κ1) is 19.8. The number of aryl methyl sites for hydroxylation is 1. The SMILES string of the molecule is O=C(O)N1CCC(Oc2ccc(OC[C@@H]3CCn4cc([N+](=O)[O-])nc4O3)cc2)CC1. The number of nitrogens with zero attached hydrogens (tertiary/aromatic N) is 4. The van der Waals surface area contributed by atoms with Crippen molar-refractivity contribution in [3.05, 3.63) is 40.6 Å². The van der Waals surface area contributed by atoms with Gasteiger partial charge in [-0.05, 0) is 29.2 Å². The number of carboxylic acid groups (broad SMARTS) is 1. The second-order valence-electron chi connectivity index (χ2n) is 7.23. The summed E-state index contributed by atoms with van der Waals surface area (Å²) in [6.45, 7) is 1.83. The first-order valence-electron chi connectivity index (χ1n) is 9.73. The molecule has 4 rings (SSSR count). The quantitative estimate of drug-likeness (QED) is 0.560. The molecule has 2 aliphatic rings. The number of aromatic nitrogens is 2. The molecule has 0 bridgehead atoms. The number of ether oxygens (including phenoxy) is 3. The van der Waals surface area contributed by atoms with Gasteiger partial charge in [0.1, 0.15) is 36.5 Å². The monoisotopic (exact) mass is 418 g/mol. The third-order valence-electron chi connectivity index (χ3n) is 5.15. The van der Waals surface area contributed by atoms with Crippen LogP contribution in [0.3, 0.4) is 0 Å². The van der Waals surface area contributed by atoms with E-state index in [1.165, 1.54) is 11.1 Å². The summed E-state index contributed by atoms with van der Waals surface area (Å²) in [7, 11) is 0. The van der Waals surface area contributed by atoms with Crippen LogP contribution >= 0.6 is 0 Å². The van der Waals surface area contributed by atoms with E-state index >= 15 is 0 Å². The molecule has 0 unspecified atom stereocenters. The highest BCUT2D eigenvalue weighted by Crippen LogP contribution is 2.26. The van der Waals surface area contributed by atoms with E-state index in [2.05, 4.69) is 4.98 Å². The smallest absolute Gasteiger partial charge is 0.414 e. The number of fused-ring (bicyclic) bond motifs is 1. The zero-order valence-electron chi connectivity index (χ0n) is 16.2. The van der Waals surface area contributed by atoms with Crippen molar-refractivity contribution in [3.63, 3.8) is 0 Å². The van der Waals surface area contributed by atoms with E-state index in [4.69, 9.17) is 19.3 Å². The maximum absolute atomic E-state index is 11.0. The molecule has 30 heavy (non-hydrogen) atoms. The molecule has 11 heteroatoms. The van der Waals surface area contributed by atoms with Gasteiger partial charge in [-0.15, -0.1) is 0 Å². The minimum Gasteiger partial charge on any atom is -0.490 e. The number of imidazole rings is 1. The normalized spacial score (nSPS) is 18.9. The third kappa shape index (κ3) is 4.56. The van der Waals surface area contributed by atoms with Gasteiger partial charge < -0.3 is 34.3 Å². The number of likely N-dealkylation sites (tertiary alicyclic amines) is 1. The van der Waals surface area contributed by atoms with Crippen molar-refractivity contribution in [2.24, 2.45) is 0 Å². The molecule has 1 atom stereocenters. The van der Waals surface area contributed by atoms with Crippen LogP contribution in [0.4, 0.5) is 10.6 Å². The van der Waals surface area contributed by atoms with E-state index in [-0.39, 0.29) is 24.0 Å². The highest BCUT2D eigenvalue weighted by molar-refractivity contribution is 5.65. The average Bonchev–Trinajstić information content (AvgIpc) is 3.17. The van der Waals surface area contributed by atoms with Crippen molar-refractivity contribution in [2.75, 3.05) is 19.7 Å². The third-order valence-corrected chi connectivity index (χ3v) is 5.15. The van der Waals surface area contributed by atoms with Crippen LogP contribution in [0.25, 0.3) is 0 Å². The number of nitro groups is 1. The summed E-state index contributed by atoms with van der Waals surface area (Å²) in [6.07, 6.45) is 2.23. The summed E-state index contributed by atoms with van der Waals surface area (Å²) >= 11 is 0. The number of piperidine rings is 1. The Bertz CT molecular complexity index is 906. The number of amides is 1. The largest absolute Gasteiger partial charge is 0.490 e. The van der Waals surface area contributed by atoms with Crippen LogP contribution in [-0.2, 0) is 6.54 Å². The molecule has 2 aromatic rings. The fraction of sp³-hybridized carbons (Fsp3) is 0.474. The molecule has 1 aromatic heterocycles. The van der Waals surface area contributed by atoms with Crippen molar-refractivity contribution in [1.82, 2.24) is 14.5 Å². The zero-order chi connectivity index (χ0) is 21.1. The van der Waals surface area contributed by atoms with Gasteiger partial charge in [0.2, 0.25) is 0 Å². The Morgan fingerprint density at radius 2 is 1.90 bits per heavy atom. The lowest BCUT2D eigenvalue weighted by Gasteiger charge is -2.30. The van der Waals surface area contributed by atoms with Gasteiger partial charge in [-0.3, -0.25) is 4.57 Å². The van der Waals surface area contributed by atoms with Crippen molar-refractivity contribution >= 4 is 11.9 Å². The van der Waals surface area contributed by atoms with E-state index < -0.39 is 11.0 Å². The van der Waals surface area contributed by atoms with Gasteiger partial charge >= 0.3 is 17.9 Å². The van der Waals surface area contributed by atoms with Gasteiger partial charge in [0.25, 0.3) is 0 Å². The summed E-state index contributed by atoms with van der Waals surface area (Å²) < 4.78 is 19.0. The predicted molar refractivity (Wildman–Crippen MR) is 103 cm³/mol. The van der Waals surface area contributed by atoms with Crippen LogP contribution in [0.1, 0.15) is 19.3 Å². The highest BCUT2D eigenvalue weighted by Gasteiger charge is 2.28. The molecule has 11 nitrogen and oxygen atoms in total. The topological polar surface area (TPSA) is 129 Å². The molecule has 1 fully saturated rings. The Labute approximate surface area is 171 Å². The molecule has 3 heterocycles. The van der Waals surface area contributed by atoms with E-state index in [1.807, 2.05) is 12.1 Å². The first-order valence-corrected chi connectivity index (χ1v) is 9.73. The Morgan fingerprint density at radius 1 is 1.20 bits per heavy atom. The van der Waals surface area contributed by atoms with E-state index in [1.54, 1.807) is 16.7 Å². The number of benzene rings is 1. The minimum absolute atomic E-state index is 0.00388. The molecule has 1 N–H and O–H groups in total. The maximum Gasteiger partial charge on any atom is 0.414 e. The molecule has 1 saturated heterocycles. The lowest BCUT2D eigenvalue weighted by atomic mass is 10.1. The Balaban J connectivity index is 1.24. The van der Waals surface area contributed by atoms with Crippen LogP contribution in [-0.4, -0.2) is 62.5 Å². The van der Waals surface area contributed by atoms with E-state index in [0.29, 0.717) is 57.0 Å². The zero-order valence-corrected chi connectivity index (χ0v) is 16.2. The van der Waals surface area contributed by atoms with Crippen LogP contribution in [0.5, 0.6) is 17.5 Å². The number of hydrogen-bond acceptors (Lipinski definition) is 7. The molecule has 0 radical (unpaired) electrons. The van der Waals surface area contributed by atoms with Crippen LogP contribution < -0.4 is 14.2 Å². The first-order chi connectivity index (χ1) is 14.5. The molecule has 2 aliphatic heterocycles. The standard InChI is InChI=1S/C19H22N4O7/c24-19(25)21-8-5-15(6-9-21)29-14-3-1-13(2-4-14)28-12-16-7-10-22-11-17(23(26)27)20-18(22)30-16/h1-4,11,15-16H,5-10,12H2,(H,24,25)/t16-/m0/s1. The second-order valence-corrected chi connectivity index (χ2v) is 7.23. The van der Waals surface area contributed by atoms with Gasteiger partial charge in [-0.1, -0.05) is 0 Å². The summed E-state index contributed by atoms with van der Waals surface area (Å²) in [5.41, 5.74) is 0. The Hall–Kier alpha value is -3.50. The molecule has 160 valence electrons. The molecular formula is C19H22N4O7. The molecule has 0 saturated carbocycles. The van der Waals surface area contributed by atoms with Gasteiger partial charge in [0.15, 0.2) is 0 Å². The fourth-order valence-corrected chi connectivity index (χ4v) is 3.50. The summed E-state index contributed by atoms with van der Waals surface area (Å²) in [5, 5.41) is 19.8. The number of carbonyl (C=O) groups is 1. The molecule has 0 spiro atoms. The number of hydrogen-bond donors (Lipinski definition) is 1. The Kier molecular flexibility index (Phi) is 5.59. The second kappa shape index (κ2) is 8.47. The summed E-state index contributed by atoms with van der Waals surface area (Å²) in [5.74, 6) is 1.14. The van der Waals surface area contributed by atoms with E-state index in [0.717, 1.165) is 0 Å². The minimum atomic E-state index is -0.890. The summed E-state index contributed by atoms with van der Waals surface area (Å²) in [6, 6.07) is 7.47. The van der Waals surface area contributed by atoms with Crippen molar-refractivity contribution < 1.29 is 29.0 Å². The molecule has 1 aromatic carbocycles. The lowest BCUT2D eigenvalue weighted by Crippen LogP contribution is -2.41. The van der Waals surface area contributed by atoms with Gasteiger partial charge in [-0.25, -0.2) is 4.79 Å². The average molecular weight is 418 g/mol. The van der Waals surface area contributed by atoms with Gasteiger partial charge in [-0.2, -0.15) is 0 Å². The Morgan fingerprint density at radius 3 is 2.57 bits per heavy atom. The maximum atomic E-state index is 11.0. The molecular weight excluding hydrogens is 396 g/mol. The summed E-state index contributed by atoms with van der Waals surface area (Å²) in [4.78, 5) is 26.5. The van der Waals surface area contributed by atoms with Crippen molar-refractivity contribution in [1.29, 1.82) is 0 Å². The predicted octanol–water partition coefficient (Wildman–Crippen LogP) is 2.54. The molecule has 1 amide bonds. The highest BCUT2D eigenvalue weighted by atomic mass is 16.6.